The van der Waals surface area contributed by atoms with E-state index >= 15 is 0 Å². The second kappa shape index (κ2) is 6.92. The number of benzene rings is 1. The molecular formula is C17H24N2O3. The lowest BCUT2D eigenvalue weighted by atomic mass is 10.1. The molecule has 0 saturated carbocycles. The zero-order valence-corrected chi connectivity index (χ0v) is 13.7. The molecule has 2 unspecified atom stereocenters. The number of methoxy groups -OCH3 is 1. The number of nitrogens with zero attached hydrogens (tertiary/aromatic N) is 1. The predicted octanol–water partition coefficient (Wildman–Crippen LogP) is 1.81. The van der Waals surface area contributed by atoms with Crippen molar-refractivity contribution < 1.29 is 14.3 Å². The van der Waals surface area contributed by atoms with Crippen molar-refractivity contribution in [1.29, 1.82) is 0 Å². The Bertz CT molecular complexity index is 571. The molecule has 0 bridgehead atoms. The number of nitrogens with one attached hydrogen (secondary N) is 1. The highest BCUT2D eigenvalue weighted by molar-refractivity contribution is 6.09. The summed E-state index contributed by atoms with van der Waals surface area (Å²) in [6.45, 7) is 6.95. The number of anilines is 1. The quantitative estimate of drug-likeness (QED) is 0.844. The Hall–Kier alpha value is -1.88. The largest absolute Gasteiger partial charge is 0.383 e. The summed E-state index contributed by atoms with van der Waals surface area (Å²) in [7, 11) is 1.59. The molecule has 1 heterocycles. The summed E-state index contributed by atoms with van der Waals surface area (Å²) in [6.07, 6.45) is 0.553. The molecule has 2 amide bonds. The van der Waals surface area contributed by atoms with Gasteiger partial charge in [0, 0.05) is 25.4 Å². The van der Waals surface area contributed by atoms with Crippen LogP contribution in [-0.4, -0.2) is 38.1 Å². The van der Waals surface area contributed by atoms with Gasteiger partial charge in [0.05, 0.1) is 6.61 Å². The lowest BCUT2D eigenvalue weighted by Crippen LogP contribution is -2.42. The van der Waals surface area contributed by atoms with Crippen LogP contribution in [0, 0.1) is 19.8 Å². The summed E-state index contributed by atoms with van der Waals surface area (Å²) in [5.41, 5.74) is 3.21. The fraction of sp³-hybridized carbons (Fsp3) is 0.529. The van der Waals surface area contributed by atoms with E-state index in [0.717, 1.165) is 11.3 Å². The molecule has 1 aliphatic heterocycles. The summed E-state index contributed by atoms with van der Waals surface area (Å²) in [5.74, 6) is -0.924. The van der Waals surface area contributed by atoms with E-state index in [1.165, 1.54) is 5.56 Å². The number of amides is 2. The molecule has 0 aliphatic carbocycles. The first-order chi connectivity index (χ1) is 10.4. The van der Waals surface area contributed by atoms with E-state index in [9.17, 15) is 9.59 Å². The molecule has 120 valence electrons. The van der Waals surface area contributed by atoms with Crippen molar-refractivity contribution in [3.05, 3.63) is 29.3 Å². The number of aryl methyl sites for hydroxylation is 2. The van der Waals surface area contributed by atoms with Gasteiger partial charge in [-0.1, -0.05) is 6.07 Å². The third-order valence-corrected chi connectivity index (χ3v) is 4.13. The van der Waals surface area contributed by atoms with E-state index in [-0.39, 0.29) is 17.9 Å². The van der Waals surface area contributed by atoms with Gasteiger partial charge in [0.15, 0.2) is 0 Å². The molecular weight excluding hydrogens is 280 g/mol. The standard InChI is InChI=1S/C17H24N2O3/c1-11-5-6-14(9-12(11)2)19-8-7-15(17(19)21)16(20)18-13(3)10-22-4/h5-6,9,13,15H,7-8,10H2,1-4H3,(H,18,20). The van der Waals surface area contributed by atoms with E-state index in [2.05, 4.69) is 5.32 Å². The second-order valence-corrected chi connectivity index (χ2v) is 5.96. The fourth-order valence-electron chi connectivity index (χ4n) is 2.71. The van der Waals surface area contributed by atoms with Gasteiger partial charge in [-0.25, -0.2) is 0 Å². The number of rotatable bonds is 5. The Kier molecular flexibility index (Phi) is 5.19. The highest BCUT2D eigenvalue weighted by atomic mass is 16.5. The van der Waals surface area contributed by atoms with E-state index in [0.29, 0.717) is 19.6 Å². The van der Waals surface area contributed by atoms with Gasteiger partial charge in [-0.2, -0.15) is 0 Å². The first-order valence-corrected chi connectivity index (χ1v) is 7.62. The Morgan fingerprint density at radius 3 is 2.77 bits per heavy atom. The zero-order chi connectivity index (χ0) is 16.3. The van der Waals surface area contributed by atoms with Gasteiger partial charge in [-0.15, -0.1) is 0 Å². The van der Waals surface area contributed by atoms with Crippen LogP contribution in [0.5, 0.6) is 0 Å². The van der Waals surface area contributed by atoms with Gasteiger partial charge in [0.1, 0.15) is 5.92 Å². The molecule has 1 N–H and O–H groups in total. The predicted molar refractivity (Wildman–Crippen MR) is 85.9 cm³/mol. The van der Waals surface area contributed by atoms with Crippen molar-refractivity contribution in [3.63, 3.8) is 0 Å². The van der Waals surface area contributed by atoms with E-state index in [1.807, 2.05) is 39.0 Å². The van der Waals surface area contributed by atoms with Crippen molar-refractivity contribution in [2.24, 2.45) is 5.92 Å². The summed E-state index contributed by atoms with van der Waals surface area (Å²) in [4.78, 5) is 26.4. The maximum absolute atomic E-state index is 12.5. The van der Waals surface area contributed by atoms with Crippen molar-refractivity contribution in [1.82, 2.24) is 5.32 Å². The summed E-state index contributed by atoms with van der Waals surface area (Å²) in [5, 5.41) is 2.83. The summed E-state index contributed by atoms with van der Waals surface area (Å²) < 4.78 is 5.00. The van der Waals surface area contributed by atoms with E-state index < -0.39 is 5.92 Å². The van der Waals surface area contributed by atoms with Crippen molar-refractivity contribution >= 4 is 17.5 Å². The van der Waals surface area contributed by atoms with Crippen LogP contribution in [0.1, 0.15) is 24.5 Å². The first-order valence-electron chi connectivity index (χ1n) is 7.62. The van der Waals surface area contributed by atoms with Gasteiger partial charge in [0.2, 0.25) is 11.8 Å². The Labute approximate surface area is 131 Å². The minimum absolute atomic E-state index is 0.0963. The number of ether oxygens (including phenoxy) is 1. The van der Waals surface area contributed by atoms with Crippen LogP contribution < -0.4 is 10.2 Å². The van der Waals surface area contributed by atoms with Crippen LogP contribution in [0.3, 0.4) is 0 Å². The van der Waals surface area contributed by atoms with Crippen LogP contribution in [0.25, 0.3) is 0 Å². The highest BCUT2D eigenvalue weighted by Gasteiger charge is 2.37. The fourth-order valence-corrected chi connectivity index (χ4v) is 2.71. The van der Waals surface area contributed by atoms with Crippen LogP contribution in [0.4, 0.5) is 5.69 Å². The summed E-state index contributed by atoms with van der Waals surface area (Å²) >= 11 is 0. The molecule has 0 spiro atoms. The number of hydrogen-bond donors (Lipinski definition) is 1. The molecule has 5 nitrogen and oxygen atoms in total. The SMILES string of the molecule is COCC(C)NC(=O)C1CCN(c2ccc(C)c(C)c2)C1=O. The highest BCUT2D eigenvalue weighted by Crippen LogP contribution is 2.27. The van der Waals surface area contributed by atoms with Gasteiger partial charge < -0.3 is 15.0 Å². The second-order valence-electron chi connectivity index (χ2n) is 5.96. The Morgan fingerprint density at radius 2 is 2.14 bits per heavy atom. The van der Waals surface area contributed by atoms with Gasteiger partial charge in [-0.3, -0.25) is 9.59 Å². The van der Waals surface area contributed by atoms with Crippen LogP contribution >= 0.6 is 0 Å². The normalized spacial score (nSPS) is 19.4. The zero-order valence-electron chi connectivity index (χ0n) is 13.7. The number of hydrogen-bond acceptors (Lipinski definition) is 3. The topological polar surface area (TPSA) is 58.6 Å². The Balaban J connectivity index is 2.06. The summed E-state index contributed by atoms with van der Waals surface area (Å²) in [6, 6.07) is 5.85. The van der Waals surface area contributed by atoms with Crippen molar-refractivity contribution in [2.45, 2.75) is 33.2 Å². The van der Waals surface area contributed by atoms with Crippen LogP contribution in [0.15, 0.2) is 18.2 Å². The number of carbonyl (C=O) groups is 2. The minimum Gasteiger partial charge on any atom is -0.383 e. The molecule has 1 fully saturated rings. The number of carbonyl (C=O) groups excluding carboxylic acids is 2. The minimum atomic E-state index is -0.596. The maximum atomic E-state index is 12.5. The molecule has 1 aromatic rings. The van der Waals surface area contributed by atoms with Crippen molar-refractivity contribution in [2.75, 3.05) is 25.2 Å². The molecule has 1 aromatic carbocycles. The molecule has 22 heavy (non-hydrogen) atoms. The van der Waals surface area contributed by atoms with Gasteiger partial charge in [0.25, 0.3) is 0 Å². The third-order valence-electron chi connectivity index (χ3n) is 4.13. The Morgan fingerprint density at radius 1 is 1.41 bits per heavy atom. The van der Waals surface area contributed by atoms with E-state index in [1.54, 1.807) is 12.0 Å². The molecule has 2 atom stereocenters. The molecule has 1 aliphatic rings. The average molecular weight is 304 g/mol. The van der Waals surface area contributed by atoms with Gasteiger partial charge >= 0.3 is 0 Å². The van der Waals surface area contributed by atoms with E-state index in [4.69, 9.17) is 4.74 Å². The molecule has 2 rings (SSSR count). The first kappa shape index (κ1) is 16.5. The lowest BCUT2D eigenvalue weighted by molar-refractivity contribution is -0.132. The molecule has 0 aromatic heterocycles. The van der Waals surface area contributed by atoms with Gasteiger partial charge in [-0.05, 0) is 50.5 Å². The van der Waals surface area contributed by atoms with Crippen LogP contribution in [0.2, 0.25) is 0 Å². The molecule has 0 radical (unpaired) electrons. The van der Waals surface area contributed by atoms with Crippen LogP contribution in [-0.2, 0) is 14.3 Å². The average Bonchev–Trinajstić information content (AvgIpc) is 2.84. The maximum Gasteiger partial charge on any atom is 0.239 e. The smallest absolute Gasteiger partial charge is 0.239 e. The monoisotopic (exact) mass is 304 g/mol. The van der Waals surface area contributed by atoms with Crippen molar-refractivity contribution in [3.8, 4) is 0 Å². The third kappa shape index (κ3) is 3.47. The molecule has 1 saturated heterocycles. The lowest BCUT2D eigenvalue weighted by Gasteiger charge is -2.19. The molecule has 5 heteroatoms.